The van der Waals surface area contributed by atoms with Gasteiger partial charge in [0, 0.05) is 56.1 Å². The van der Waals surface area contributed by atoms with Gasteiger partial charge in [0.1, 0.15) is 0 Å². The van der Waals surface area contributed by atoms with Crippen molar-refractivity contribution >= 4 is 23.5 Å². The molecule has 3 heterocycles. The number of carbonyl (C=O) groups is 2. The molecule has 3 aliphatic rings. The third-order valence-electron chi connectivity index (χ3n) is 9.20. The van der Waals surface area contributed by atoms with Crippen LogP contribution in [0.2, 0.25) is 0 Å². The summed E-state index contributed by atoms with van der Waals surface area (Å²) in [6.45, 7) is 3.51. The number of likely N-dealkylation sites (N-methyl/N-ethyl adjacent to an activating group) is 1. The Morgan fingerprint density at radius 2 is 1.83 bits per heavy atom. The quantitative estimate of drug-likeness (QED) is 0.450. The second-order valence-electron chi connectivity index (χ2n) is 12.0. The summed E-state index contributed by atoms with van der Waals surface area (Å²) in [6.07, 6.45) is 1.55. The number of piperazine rings is 1. The molecular formula is C30H39F3N6O3. The number of carbonyl (C=O) groups excluding carboxylic acids is 1. The van der Waals surface area contributed by atoms with Gasteiger partial charge in [-0.05, 0) is 69.0 Å². The number of hydrogen-bond donors (Lipinski definition) is 3. The van der Waals surface area contributed by atoms with Crippen molar-refractivity contribution in [2.45, 2.75) is 63.6 Å². The number of nitrogens with zero attached hydrogens (tertiary/aromatic N) is 4. The number of carboxylic acid groups (broad SMARTS) is 1. The minimum absolute atomic E-state index is 0.0125. The predicted octanol–water partition coefficient (Wildman–Crippen LogP) is 4.57. The van der Waals surface area contributed by atoms with E-state index in [4.69, 9.17) is 0 Å². The van der Waals surface area contributed by atoms with Crippen LogP contribution in [0.5, 0.6) is 0 Å². The summed E-state index contributed by atoms with van der Waals surface area (Å²) < 4.78 is 42.0. The van der Waals surface area contributed by atoms with Crippen LogP contribution in [0.3, 0.4) is 0 Å². The number of rotatable bonds is 6. The van der Waals surface area contributed by atoms with Gasteiger partial charge in [-0.1, -0.05) is 19.3 Å². The number of nitrogens with one attached hydrogen (secondary N) is 2. The van der Waals surface area contributed by atoms with Crippen LogP contribution in [0.25, 0.3) is 0 Å². The molecule has 1 amide bonds. The van der Waals surface area contributed by atoms with Gasteiger partial charge in [0.05, 0.1) is 17.2 Å². The summed E-state index contributed by atoms with van der Waals surface area (Å²) in [5.41, 5.74) is -0.355. The van der Waals surface area contributed by atoms with Crippen LogP contribution in [-0.4, -0.2) is 82.6 Å². The van der Waals surface area contributed by atoms with Gasteiger partial charge in [-0.15, -0.1) is 0 Å². The first-order valence-electron chi connectivity index (χ1n) is 14.8. The number of amides is 1. The van der Waals surface area contributed by atoms with E-state index >= 15 is 0 Å². The number of halogens is 3. The maximum atomic E-state index is 14.0. The van der Waals surface area contributed by atoms with Crippen LogP contribution in [0.15, 0.2) is 30.5 Å². The van der Waals surface area contributed by atoms with Gasteiger partial charge >= 0.3 is 12.1 Å². The summed E-state index contributed by atoms with van der Waals surface area (Å²) in [6, 6.07) is 6.42. The van der Waals surface area contributed by atoms with E-state index in [2.05, 4.69) is 25.5 Å². The second-order valence-corrected chi connectivity index (χ2v) is 12.0. The Morgan fingerprint density at radius 1 is 1.10 bits per heavy atom. The minimum Gasteiger partial charge on any atom is -0.481 e. The maximum Gasteiger partial charge on any atom is 0.419 e. The zero-order chi connectivity index (χ0) is 29.9. The maximum absolute atomic E-state index is 14.0. The first-order valence-corrected chi connectivity index (χ1v) is 14.8. The number of anilines is 2. The highest BCUT2D eigenvalue weighted by Crippen LogP contribution is 2.48. The molecule has 3 N–H and O–H groups in total. The fourth-order valence-electron chi connectivity index (χ4n) is 6.87. The lowest BCUT2D eigenvalue weighted by molar-refractivity contribution is -0.148. The average molecular weight is 589 g/mol. The molecule has 1 spiro atoms. The van der Waals surface area contributed by atoms with E-state index in [1.807, 2.05) is 11.9 Å². The zero-order valence-corrected chi connectivity index (χ0v) is 23.9. The fourth-order valence-corrected chi connectivity index (χ4v) is 6.87. The largest absolute Gasteiger partial charge is 0.481 e. The summed E-state index contributed by atoms with van der Waals surface area (Å²) in [5.74, 6) is -1.32. The molecule has 0 bridgehead atoms. The lowest BCUT2D eigenvalue weighted by Crippen LogP contribution is -2.50. The van der Waals surface area contributed by atoms with Crippen LogP contribution in [0, 0.1) is 11.3 Å². The molecule has 1 unspecified atom stereocenters. The predicted molar refractivity (Wildman–Crippen MR) is 152 cm³/mol. The number of benzene rings is 1. The van der Waals surface area contributed by atoms with Crippen molar-refractivity contribution in [2.24, 2.45) is 11.3 Å². The molecule has 2 aliphatic heterocycles. The van der Waals surface area contributed by atoms with Gasteiger partial charge < -0.3 is 25.5 Å². The Balaban J connectivity index is 1.32. The van der Waals surface area contributed by atoms with Crippen molar-refractivity contribution < 1.29 is 27.9 Å². The number of aromatic nitrogens is 2. The van der Waals surface area contributed by atoms with Crippen LogP contribution in [0.4, 0.5) is 24.8 Å². The van der Waals surface area contributed by atoms with Gasteiger partial charge in [-0.25, -0.2) is 9.97 Å². The molecule has 3 atom stereocenters. The van der Waals surface area contributed by atoms with Crippen LogP contribution >= 0.6 is 0 Å². The number of piperidine rings is 1. The molecule has 5 rings (SSSR count). The van der Waals surface area contributed by atoms with Gasteiger partial charge in [0.25, 0.3) is 5.91 Å². The van der Waals surface area contributed by atoms with Crippen LogP contribution in [-0.2, 0) is 17.4 Å². The minimum atomic E-state index is -4.63. The Labute approximate surface area is 243 Å². The van der Waals surface area contributed by atoms with Gasteiger partial charge in [0.15, 0.2) is 0 Å². The topological polar surface area (TPSA) is 111 Å². The molecule has 1 aromatic heterocycles. The Hall–Kier alpha value is -3.25. The molecule has 1 aliphatic carbocycles. The van der Waals surface area contributed by atoms with Crippen molar-refractivity contribution in [3.8, 4) is 0 Å². The number of alkyl halides is 3. The molecule has 9 nitrogen and oxygen atoms in total. The molecule has 3 fully saturated rings. The average Bonchev–Trinajstić information content (AvgIpc) is 3.15. The van der Waals surface area contributed by atoms with Crippen molar-refractivity contribution in [1.82, 2.24) is 25.1 Å². The summed E-state index contributed by atoms with van der Waals surface area (Å²) >= 11 is 0. The Bertz CT molecular complexity index is 1270. The molecule has 12 heteroatoms. The van der Waals surface area contributed by atoms with E-state index < -0.39 is 29.0 Å². The summed E-state index contributed by atoms with van der Waals surface area (Å²) in [7, 11) is 2.02. The van der Waals surface area contributed by atoms with Crippen molar-refractivity contribution in [2.75, 3.05) is 45.1 Å². The summed E-state index contributed by atoms with van der Waals surface area (Å²) in [4.78, 5) is 37.2. The SMILES string of the molecule is CN1CCN(C(=O)c2ccc(Nc3ncc(C(F)(F)F)c(CC4C[C@]5(CCCCC[C@@H]5C(=O)O)CCN4)n3)cc2)CC1. The van der Waals surface area contributed by atoms with E-state index in [0.29, 0.717) is 50.1 Å². The monoisotopic (exact) mass is 588 g/mol. The van der Waals surface area contributed by atoms with E-state index in [1.165, 1.54) is 0 Å². The van der Waals surface area contributed by atoms with Crippen molar-refractivity contribution in [3.05, 3.63) is 47.3 Å². The zero-order valence-electron chi connectivity index (χ0n) is 23.9. The first kappa shape index (κ1) is 30.2. The van der Waals surface area contributed by atoms with E-state index in [-0.39, 0.29) is 30.0 Å². The molecule has 1 aromatic carbocycles. The summed E-state index contributed by atoms with van der Waals surface area (Å²) in [5, 5.41) is 16.3. The highest BCUT2D eigenvalue weighted by molar-refractivity contribution is 5.94. The van der Waals surface area contributed by atoms with Crippen molar-refractivity contribution in [1.29, 1.82) is 0 Å². The van der Waals surface area contributed by atoms with Crippen molar-refractivity contribution in [3.63, 3.8) is 0 Å². The first-order chi connectivity index (χ1) is 20.0. The van der Waals surface area contributed by atoms with Crippen LogP contribution < -0.4 is 10.6 Å². The normalized spacial score (nSPS) is 25.7. The molecule has 2 saturated heterocycles. The van der Waals surface area contributed by atoms with E-state index in [1.54, 1.807) is 24.3 Å². The lowest BCUT2D eigenvalue weighted by atomic mass is 9.64. The molecule has 1 saturated carbocycles. The fraction of sp³-hybridized carbons (Fsp3) is 0.600. The second kappa shape index (κ2) is 12.5. The van der Waals surface area contributed by atoms with Gasteiger partial charge in [-0.3, -0.25) is 9.59 Å². The molecule has 42 heavy (non-hydrogen) atoms. The third kappa shape index (κ3) is 6.86. The van der Waals surface area contributed by atoms with E-state index in [9.17, 15) is 27.9 Å². The highest BCUT2D eigenvalue weighted by atomic mass is 19.4. The number of aliphatic carboxylic acids is 1. The van der Waals surface area contributed by atoms with Gasteiger partial charge in [-0.2, -0.15) is 13.2 Å². The Kier molecular flexibility index (Phi) is 9.03. The molecule has 228 valence electrons. The molecule has 0 radical (unpaired) electrons. The highest BCUT2D eigenvalue weighted by Gasteiger charge is 2.47. The van der Waals surface area contributed by atoms with Crippen LogP contribution in [0.1, 0.15) is 66.6 Å². The molecular weight excluding hydrogens is 549 g/mol. The number of hydrogen-bond acceptors (Lipinski definition) is 7. The number of carboxylic acids is 1. The molecule has 2 aromatic rings. The third-order valence-corrected chi connectivity index (χ3v) is 9.20. The standard InChI is InChI=1S/C30H39F3N6O3/c1-38-13-15-39(16-14-38)26(40)20-6-8-21(9-7-20)36-28-35-19-24(30(31,32)33)25(37-28)17-22-18-29(11-12-34-22)10-4-2-3-5-23(29)27(41)42/h6-9,19,22-23,34H,2-5,10-18H2,1H3,(H,41,42)(H,35,36,37)/t22?,23-,29+/m1/s1. The van der Waals surface area contributed by atoms with E-state index in [0.717, 1.165) is 45.0 Å². The Morgan fingerprint density at radius 3 is 2.52 bits per heavy atom. The lowest BCUT2D eigenvalue weighted by Gasteiger charge is -2.44. The van der Waals surface area contributed by atoms with Gasteiger partial charge in [0.2, 0.25) is 5.95 Å². The smallest absolute Gasteiger partial charge is 0.419 e.